The Kier molecular flexibility index (Phi) is 5.22. The van der Waals surface area contributed by atoms with Gasteiger partial charge in [-0.3, -0.25) is 9.59 Å². The van der Waals surface area contributed by atoms with Crippen molar-refractivity contribution in [2.24, 2.45) is 4.99 Å². The lowest BCUT2D eigenvalue weighted by molar-refractivity contribution is 0.479. The lowest BCUT2D eigenvalue weighted by atomic mass is 10.1. The summed E-state index contributed by atoms with van der Waals surface area (Å²) in [5, 5.41) is 11.3. The van der Waals surface area contributed by atoms with E-state index in [1.165, 1.54) is 6.21 Å². The second-order valence-electron chi connectivity index (χ2n) is 8.06. The average Bonchev–Trinajstić information content (AvgIpc) is 3.10. The Hall–Kier alpha value is -4.65. The van der Waals surface area contributed by atoms with Crippen LogP contribution >= 0.6 is 0 Å². The first-order valence-electron chi connectivity index (χ1n) is 10.8. The SMILES string of the molecule is Cc1ccc2[nH]c(=O)c(C=Nc3c(C)n(-c4ccccc4)n(-c4ccccc4)c3=O)c(O)c2c1. The monoisotopic (exact) mass is 450 g/mol. The number of nitrogens with zero attached hydrogens (tertiary/aromatic N) is 3. The van der Waals surface area contributed by atoms with Crippen LogP contribution in [-0.4, -0.2) is 25.7 Å². The van der Waals surface area contributed by atoms with Crippen LogP contribution in [-0.2, 0) is 0 Å². The van der Waals surface area contributed by atoms with Crippen molar-refractivity contribution in [3.63, 3.8) is 0 Å². The number of rotatable bonds is 4. The number of para-hydroxylation sites is 2. The number of aromatic nitrogens is 3. The number of hydrogen-bond acceptors (Lipinski definition) is 4. The van der Waals surface area contributed by atoms with Crippen molar-refractivity contribution < 1.29 is 5.11 Å². The molecule has 2 aromatic heterocycles. The zero-order valence-electron chi connectivity index (χ0n) is 18.7. The average molecular weight is 450 g/mol. The van der Waals surface area contributed by atoms with E-state index in [0.29, 0.717) is 22.3 Å². The first kappa shape index (κ1) is 21.2. The molecule has 2 N–H and O–H groups in total. The predicted octanol–water partition coefficient (Wildman–Crippen LogP) is 4.54. The molecule has 34 heavy (non-hydrogen) atoms. The number of aryl methyl sites for hydroxylation is 1. The second-order valence-corrected chi connectivity index (χ2v) is 8.06. The largest absolute Gasteiger partial charge is 0.506 e. The molecule has 5 aromatic rings. The Morgan fingerprint density at radius 3 is 2.12 bits per heavy atom. The van der Waals surface area contributed by atoms with E-state index >= 15 is 0 Å². The summed E-state index contributed by atoms with van der Waals surface area (Å²) in [4.78, 5) is 33.3. The molecule has 0 saturated heterocycles. The van der Waals surface area contributed by atoms with Crippen LogP contribution in [0.25, 0.3) is 22.3 Å². The molecule has 0 aliphatic rings. The zero-order chi connectivity index (χ0) is 23.8. The molecule has 0 atom stereocenters. The highest BCUT2D eigenvalue weighted by molar-refractivity contribution is 5.95. The van der Waals surface area contributed by atoms with Crippen LogP contribution < -0.4 is 11.1 Å². The molecule has 0 fully saturated rings. The van der Waals surface area contributed by atoms with E-state index < -0.39 is 5.56 Å². The molecule has 0 aliphatic carbocycles. The van der Waals surface area contributed by atoms with E-state index in [9.17, 15) is 14.7 Å². The fraction of sp³-hybridized carbons (Fsp3) is 0.0741. The van der Waals surface area contributed by atoms with Crippen LogP contribution in [0.4, 0.5) is 5.69 Å². The maximum absolute atomic E-state index is 13.5. The molecule has 0 aliphatic heterocycles. The normalized spacial score (nSPS) is 11.5. The Morgan fingerprint density at radius 1 is 0.853 bits per heavy atom. The van der Waals surface area contributed by atoms with E-state index in [2.05, 4.69) is 9.98 Å². The van der Waals surface area contributed by atoms with E-state index in [0.717, 1.165) is 11.3 Å². The number of aliphatic imine (C=N–C) groups is 1. The van der Waals surface area contributed by atoms with Gasteiger partial charge in [-0.05, 0) is 50.2 Å². The summed E-state index contributed by atoms with van der Waals surface area (Å²) in [6.45, 7) is 3.70. The number of fused-ring (bicyclic) bond motifs is 1. The van der Waals surface area contributed by atoms with Gasteiger partial charge in [-0.15, -0.1) is 0 Å². The lowest BCUT2D eigenvalue weighted by Gasteiger charge is -2.13. The quantitative estimate of drug-likeness (QED) is 0.394. The van der Waals surface area contributed by atoms with E-state index in [4.69, 9.17) is 0 Å². The molecule has 3 aromatic carbocycles. The highest BCUT2D eigenvalue weighted by Gasteiger charge is 2.19. The van der Waals surface area contributed by atoms with Gasteiger partial charge in [0.05, 0.1) is 22.6 Å². The Labute approximate surface area is 194 Å². The van der Waals surface area contributed by atoms with Gasteiger partial charge in [0.2, 0.25) is 0 Å². The number of hydrogen-bond donors (Lipinski definition) is 2. The molecule has 5 rings (SSSR count). The van der Waals surface area contributed by atoms with Gasteiger partial charge in [0.25, 0.3) is 11.1 Å². The Balaban J connectivity index is 1.72. The van der Waals surface area contributed by atoms with Crippen molar-refractivity contribution in [3.8, 4) is 17.1 Å². The maximum Gasteiger partial charge on any atom is 0.297 e. The van der Waals surface area contributed by atoms with E-state index in [1.807, 2.05) is 73.7 Å². The molecule has 0 saturated carbocycles. The van der Waals surface area contributed by atoms with Crippen LogP contribution in [0, 0.1) is 13.8 Å². The molecule has 168 valence electrons. The smallest absolute Gasteiger partial charge is 0.297 e. The first-order chi connectivity index (χ1) is 16.5. The summed E-state index contributed by atoms with van der Waals surface area (Å²) in [6, 6.07) is 24.2. The van der Waals surface area contributed by atoms with Crippen LogP contribution in [0.2, 0.25) is 0 Å². The lowest BCUT2D eigenvalue weighted by Crippen LogP contribution is -2.20. The fourth-order valence-corrected chi connectivity index (χ4v) is 4.08. The van der Waals surface area contributed by atoms with Gasteiger partial charge in [-0.2, -0.15) is 0 Å². The highest BCUT2D eigenvalue weighted by atomic mass is 16.3. The summed E-state index contributed by atoms with van der Waals surface area (Å²) >= 11 is 0. The molecule has 0 bridgehead atoms. The van der Waals surface area contributed by atoms with Crippen molar-refractivity contribution in [1.82, 2.24) is 14.3 Å². The van der Waals surface area contributed by atoms with Crippen LogP contribution in [0.1, 0.15) is 16.8 Å². The fourth-order valence-electron chi connectivity index (χ4n) is 4.08. The van der Waals surface area contributed by atoms with Gasteiger partial charge < -0.3 is 10.1 Å². The number of nitrogens with one attached hydrogen (secondary N) is 1. The predicted molar refractivity (Wildman–Crippen MR) is 134 cm³/mol. The standard InChI is InChI=1S/C27H22N4O3/c1-17-13-14-23-21(15-17)25(32)22(26(33)29-23)16-28-24-18(2)30(19-9-5-3-6-10-19)31(27(24)34)20-11-7-4-8-12-20/h3-16H,1-2H3,(H2,29,32,33). The van der Waals surface area contributed by atoms with Crippen molar-refractivity contribution in [3.05, 3.63) is 116 Å². The summed E-state index contributed by atoms with van der Waals surface area (Å²) in [6.07, 6.45) is 1.25. The number of aromatic hydroxyl groups is 1. The van der Waals surface area contributed by atoms with Gasteiger partial charge in [-0.25, -0.2) is 14.4 Å². The van der Waals surface area contributed by atoms with Crippen LogP contribution in [0.3, 0.4) is 0 Å². The number of benzene rings is 3. The zero-order valence-corrected chi connectivity index (χ0v) is 18.7. The Bertz CT molecular complexity index is 1660. The Morgan fingerprint density at radius 2 is 1.47 bits per heavy atom. The minimum Gasteiger partial charge on any atom is -0.506 e. The molecular formula is C27H22N4O3. The summed E-state index contributed by atoms with van der Waals surface area (Å²) < 4.78 is 3.34. The molecule has 7 heteroatoms. The third-order valence-corrected chi connectivity index (χ3v) is 5.76. The third-order valence-electron chi connectivity index (χ3n) is 5.76. The maximum atomic E-state index is 13.5. The van der Waals surface area contributed by atoms with Gasteiger partial charge >= 0.3 is 0 Å². The third kappa shape index (κ3) is 3.53. The molecule has 0 unspecified atom stereocenters. The number of H-pyrrole nitrogens is 1. The van der Waals surface area contributed by atoms with Crippen molar-refractivity contribution in [2.45, 2.75) is 13.8 Å². The minimum absolute atomic E-state index is 0.00405. The number of pyridine rings is 1. The molecular weight excluding hydrogens is 428 g/mol. The van der Waals surface area contributed by atoms with Gasteiger partial charge in [0.1, 0.15) is 11.3 Å². The molecule has 0 spiro atoms. The van der Waals surface area contributed by atoms with Crippen molar-refractivity contribution >= 4 is 22.8 Å². The molecule has 0 amide bonds. The second kappa shape index (κ2) is 8.37. The first-order valence-corrected chi connectivity index (χ1v) is 10.8. The highest BCUT2D eigenvalue weighted by Crippen LogP contribution is 2.26. The number of aromatic amines is 1. The van der Waals surface area contributed by atoms with E-state index in [1.54, 1.807) is 28.4 Å². The van der Waals surface area contributed by atoms with Crippen molar-refractivity contribution in [1.29, 1.82) is 0 Å². The van der Waals surface area contributed by atoms with Crippen LogP contribution in [0.15, 0.2) is 93.4 Å². The van der Waals surface area contributed by atoms with Gasteiger partial charge in [0, 0.05) is 11.6 Å². The summed E-state index contributed by atoms with van der Waals surface area (Å²) in [5.41, 5.74) is 2.90. The summed E-state index contributed by atoms with van der Waals surface area (Å²) in [5.74, 6) is -0.172. The van der Waals surface area contributed by atoms with E-state index in [-0.39, 0.29) is 22.6 Å². The van der Waals surface area contributed by atoms with Gasteiger partial charge in [0.15, 0.2) is 5.69 Å². The molecule has 7 nitrogen and oxygen atoms in total. The summed E-state index contributed by atoms with van der Waals surface area (Å²) in [7, 11) is 0. The van der Waals surface area contributed by atoms with Gasteiger partial charge in [-0.1, -0.05) is 48.0 Å². The molecule has 0 radical (unpaired) electrons. The topological polar surface area (TPSA) is 92.4 Å². The van der Waals surface area contributed by atoms with Crippen LogP contribution in [0.5, 0.6) is 5.75 Å². The minimum atomic E-state index is -0.485. The molecule has 2 heterocycles. The van der Waals surface area contributed by atoms with Crippen molar-refractivity contribution in [2.75, 3.05) is 0 Å².